The van der Waals surface area contributed by atoms with Crippen molar-refractivity contribution in [3.63, 3.8) is 0 Å². The molecule has 6 heteroatoms. The largest absolute Gasteiger partial charge is 0.497 e. The SMILES string of the molecule is COc1ccc(C(NN)c2cccc(F)c2F)c(OC)c1. The fourth-order valence-electron chi connectivity index (χ4n) is 2.15. The summed E-state index contributed by atoms with van der Waals surface area (Å²) in [6, 6.07) is 8.22. The summed E-state index contributed by atoms with van der Waals surface area (Å²) in [7, 11) is 3.01. The third-order valence-electron chi connectivity index (χ3n) is 3.21. The van der Waals surface area contributed by atoms with E-state index in [2.05, 4.69) is 5.43 Å². The summed E-state index contributed by atoms with van der Waals surface area (Å²) in [4.78, 5) is 0. The first-order valence-corrected chi connectivity index (χ1v) is 6.24. The van der Waals surface area contributed by atoms with Crippen LogP contribution in [-0.4, -0.2) is 14.2 Å². The molecule has 21 heavy (non-hydrogen) atoms. The van der Waals surface area contributed by atoms with Gasteiger partial charge in [-0.2, -0.15) is 0 Å². The smallest absolute Gasteiger partial charge is 0.163 e. The van der Waals surface area contributed by atoms with Gasteiger partial charge in [0.05, 0.1) is 20.3 Å². The minimum absolute atomic E-state index is 0.0981. The Morgan fingerprint density at radius 1 is 1.05 bits per heavy atom. The van der Waals surface area contributed by atoms with E-state index in [-0.39, 0.29) is 5.56 Å². The average Bonchev–Trinajstić information content (AvgIpc) is 2.52. The van der Waals surface area contributed by atoms with Crippen molar-refractivity contribution < 1.29 is 18.3 Å². The summed E-state index contributed by atoms with van der Waals surface area (Å²) in [6.45, 7) is 0. The fraction of sp³-hybridized carbons (Fsp3) is 0.200. The van der Waals surface area contributed by atoms with E-state index in [9.17, 15) is 8.78 Å². The maximum absolute atomic E-state index is 14.0. The van der Waals surface area contributed by atoms with Crippen molar-refractivity contribution in [2.24, 2.45) is 5.84 Å². The van der Waals surface area contributed by atoms with Gasteiger partial charge in [0, 0.05) is 17.2 Å². The Balaban J connectivity index is 2.53. The van der Waals surface area contributed by atoms with Gasteiger partial charge in [-0.15, -0.1) is 0 Å². The number of benzene rings is 2. The molecule has 0 amide bonds. The van der Waals surface area contributed by atoms with Gasteiger partial charge in [0.15, 0.2) is 11.6 Å². The van der Waals surface area contributed by atoms with Gasteiger partial charge < -0.3 is 9.47 Å². The van der Waals surface area contributed by atoms with Crippen LogP contribution in [0.1, 0.15) is 17.2 Å². The Hall–Kier alpha value is -2.18. The van der Waals surface area contributed by atoms with Crippen molar-refractivity contribution in [1.29, 1.82) is 0 Å². The standard InChI is InChI=1S/C15H16F2N2O2/c1-20-9-6-7-10(13(8-9)21-2)15(19-18)11-4-3-5-12(16)14(11)17/h3-8,15,19H,18H2,1-2H3. The molecular weight excluding hydrogens is 278 g/mol. The number of hydrogen-bond donors (Lipinski definition) is 2. The third-order valence-corrected chi connectivity index (χ3v) is 3.21. The summed E-state index contributed by atoms with van der Waals surface area (Å²) in [5.74, 6) is 4.70. The van der Waals surface area contributed by atoms with E-state index < -0.39 is 17.7 Å². The normalized spacial score (nSPS) is 12.0. The Labute approximate surface area is 121 Å². The first kappa shape index (κ1) is 15.2. The minimum Gasteiger partial charge on any atom is -0.497 e. The topological polar surface area (TPSA) is 56.5 Å². The van der Waals surface area contributed by atoms with Crippen LogP contribution in [0.15, 0.2) is 36.4 Å². The highest BCUT2D eigenvalue weighted by Crippen LogP contribution is 2.33. The molecule has 0 fully saturated rings. The van der Waals surface area contributed by atoms with Crippen LogP contribution in [0.5, 0.6) is 11.5 Å². The lowest BCUT2D eigenvalue weighted by Gasteiger charge is -2.20. The van der Waals surface area contributed by atoms with Crippen LogP contribution in [0.25, 0.3) is 0 Å². The number of methoxy groups -OCH3 is 2. The lowest BCUT2D eigenvalue weighted by atomic mass is 9.97. The van der Waals surface area contributed by atoms with E-state index in [1.165, 1.54) is 26.4 Å². The summed E-state index contributed by atoms with van der Waals surface area (Å²) in [5, 5.41) is 0. The van der Waals surface area contributed by atoms with E-state index >= 15 is 0 Å². The average molecular weight is 294 g/mol. The predicted octanol–water partition coefficient (Wildman–Crippen LogP) is 2.53. The Morgan fingerprint density at radius 3 is 2.43 bits per heavy atom. The summed E-state index contributed by atoms with van der Waals surface area (Å²) >= 11 is 0. The Kier molecular flexibility index (Phi) is 4.72. The van der Waals surface area contributed by atoms with Crippen LogP contribution < -0.4 is 20.7 Å². The molecule has 0 saturated carbocycles. The monoisotopic (exact) mass is 294 g/mol. The van der Waals surface area contributed by atoms with Crippen LogP contribution >= 0.6 is 0 Å². The van der Waals surface area contributed by atoms with Gasteiger partial charge in [-0.25, -0.2) is 14.2 Å². The summed E-state index contributed by atoms with van der Waals surface area (Å²) in [5.41, 5.74) is 3.16. The van der Waals surface area contributed by atoms with Gasteiger partial charge >= 0.3 is 0 Å². The predicted molar refractivity (Wildman–Crippen MR) is 75.1 cm³/mol. The number of hydrogen-bond acceptors (Lipinski definition) is 4. The van der Waals surface area contributed by atoms with E-state index in [4.69, 9.17) is 15.3 Å². The zero-order valence-electron chi connectivity index (χ0n) is 11.7. The molecule has 0 saturated heterocycles. The number of nitrogens with two attached hydrogens (primary N) is 1. The first-order chi connectivity index (χ1) is 10.1. The number of nitrogens with one attached hydrogen (secondary N) is 1. The van der Waals surface area contributed by atoms with E-state index in [1.54, 1.807) is 18.2 Å². The number of ether oxygens (including phenoxy) is 2. The summed E-state index contributed by atoms with van der Waals surface area (Å²) in [6.07, 6.45) is 0. The Bertz CT molecular complexity index is 635. The van der Waals surface area contributed by atoms with Gasteiger partial charge in [0.1, 0.15) is 11.5 Å². The zero-order chi connectivity index (χ0) is 15.4. The van der Waals surface area contributed by atoms with E-state index in [0.29, 0.717) is 17.1 Å². The highest BCUT2D eigenvalue weighted by atomic mass is 19.2. The van der Waals surface area contributed by atoms with E-state index in [1.807, 2.05) is 0 Å². The molecule has 0 bridgehead atoms. The van der Waals surface area contributed by atoms with Crippen LogP contribution in [0.3, 0.4) is 0 Å². The molecule has 0 spiro atoms. The molecule has 2 aromatic rings. The molecule has 0 aromatic heterocycles. The highest BCUT2D eigenvalue weighted by Gasteiger charge is 2.22. The van der Waals surface area contributed by atoms with Gasteiger partial charge in [0.2, 0.25) is 0 Å². The molecule has 0 aliphatic carbocycles. The van der Waals surface area contributed by atoms with Crippen LogP contribution in [0.4, 0.5) is 8.78 Å². The molecule has 4 nitrogen and oxygen atoms in total. The minimum atomic E-state index is -0.946. The molecule has 0 radical (unpaired) electrons. The second kappa shape index (κ2) is 6.51. The summed E-state index contributed by atoms with van der Waals surface area (Å²) < 4.78 is 37.7. The molecule has 1 atom stereocenters. The maximum Gasteiger partial charge on any atom is 0.163 e. The molecule has 2 rings (SSSR count). The molecule has 2 aromatic carbocycles. The van der Waals surface area contributed by atoms with Crippen LogP contribution in [0.2, 0.25) is 0 Å². The second-order valence-corrected chi connectivity index (χ2v) is 4.35. The molecule has 3 N–H and O–H groups in total. The van der Waals surface area contributed by atoms with Gasteiger partial charge in [0.25, 0.3) is 0 Å². The van der Waals surface area contributed by atoms with Gasteiger partial charge in [-0.1, -0.05) is 12.1 Å². The van der Waals surface area contributed by atoms with Gasteiger partial charge in [-0.05, 0) is 18.2 Å². The fourth-order valence-corrected chi connectivity index (χ4v) is 2.15. The van der Waals surface area contributed by atoms with Crippen molar-refractivity contribution in [1.82, 2.24) is 5.43 Å². The lowest BCUT2D eigenvalue weighted by Crippen LogP contribution is -2.30. The number of halogens is 2. The zero-order valence-corrected chi connectivity index (χ0v) is 11.7. The van der Waals surface area contributed by atoms with Crippen LogP contribution in [0, 0.1) is 11.6 Å². The molecular formula is C15H16F2N2O2. The second-order valence-electron chi connectivity index (χ2n) is 4.35. The molecule has 1 unspecified atom stereocenters. The molecule has 0 aliphatic heterocycles. The number of hydrazine groups is 1. The van der Waals surface area contributed by atoms with Crippen molar-refractivity contribution in [3.05, 3.63) is 59.2 Å². The first-order valence-electron chi connectivity index (χ1n) is 6.24. The third kappa shape index (κ3) is 2.96. The van der Waals surface area contributed by atoms with Crippen molar-refractivity contribution >= 4 is 0 Å². The van der Waals surface area contributed by atoms with Crippen molar-refractivity contribution in [3.8, 4) is 11.5 Å². The quantitative estimate of drug-likeness (QED) is 0.657. The Morgan fingerprint density at radius 2 is 1.81 bits per heavy atom. The molecule has 0 aliphatic rings. The molecule has 112 valence electrons. The van der Waals surface area contributed by atoms with Gasteiger partial charge in [-0.3, -0.25) is 5.84 Å². The molecule has 0 heterocycles. The number of rotatable bonds is 5. The van der Waals surface area contributed by atoms with E-state index in [0.717, 1.165) is 6.07 Å². The maximum atomic E-state index is 14.0. The van der Waals surface area contributed by atoms with Crippen molar-refractivity contribution in [2.45, 2.75) is 6.04 Å². The van der Waals surface area contributed by atoms with Crippen molar-refractivity contribution in [2.75, 3.05) is 14.2 Å². The van der Waals surface area contributed by atoms with Crippen LogP contribution in [-0.2, 0) is 0 Å². The lowest BCUT2D eigenvalue weighted by molar-refractivity contribution is 0.386. The highest BCUT2D eigenvalue weighted by molar-refractivity contribution is 5.46.